The van der Waals surface area contributed by atoms with Gasteiger partial charge in [0.25, 0.3) is 5.95 Å². The fourth-order valence-electron chi connectivity index (χ4n) is 1.71. The zero-order valence-corrected chi connectivity index (χ0v) is 12.4. The molecule has 0 fully saturated rings. The summed E-state index contributed by atoms with van der Waals surface area (Å²) in [5.41, 5.74) is 0. The maximum absolute atomic E-state index is 5.29. The van der Waals surface area contributed by atoms with E-state index in [1.807, 2.05) is 6.07 Å². The second-order valence-electron chi connectivity index (χ2n) is 3.97. The van der Waals surface area contributed by atoms with Gasteiger partial charge in [0, 0.05) is 24.8 Å². The standard InChI is InChI=1S/C13H10BrN7/c1-2-5-15-11-10(14)12(20-8-3-6-16-20)19-13(18-11)21-9-4-7-17-21/h1,3-4,6-9H,5H2,(H,15,18,19). The zero-order chi connectivity index (χ0) is 14.7. The third-order valence-electron chi connectivity index (χ3n) is 2.61. The van der Waals surface area contributed by atoms with Gasteiger partial charge in [0.05, 0.1) is 6.54 Å². The van der Waals surface area contributed by atoms with E-state index in [1.54, 1.807) is 40.2 Å². The van der Waals surface area contributed by atoms with Crippen LogP contribution in [0.15, 0.2) is 41.4 Å². The van der Waals surface area contributed by atoms with Crippen LogP contribution in [0.2, 0.25) is 0 Å². The summed E-state index contributed by atoms with van der Waals surface area (Å²) in [4.78, 5) is 8.89. The molecule has 104 valence electrons. The van der Waals surface area contributed by atoms with Crippen molar-refractivity contribution in [3.8, 4) is 24.1 Å². The third-order valence-corrected chi connectivity index (χ3v) is 3.34. The van der Waals surface area contributed by atoms with Crippen LogP contribution in [0.5, 0.6) is 0 Å². The van der Waals surface area contributed by atoms with Crippen LogP contribution in [-0.2, 0) is 0 Å². The summed E-state index contributed by atoms with van der Waals surface area (Å²) in [6.45, 7) is 0.354. The fourth-order valence-corrected chi connectivity index (χ4v) is 2.21. The Hall–Kier alpha value is -2.66. The van der Waals surface area contributed by atoms with Crippen molar-refractivity contribution in [1.29, 1.82) is 0 Å². The van der Waals surface area contributed by atoms with Gasteiger partial charge in [0.15, 0.2) is 5.82 Å². The van der Waals surface area contributed by atoms with E-state index in [2.05, 4.69) is 47.3 Å². The number of hydrogen-bond acceptors (Lipinski definition) is 5. The van der Waals surface area contributed by atoms with Gasteiger partial charge < -0.3 is 5.32 Å². The van der Waals surface area contributed by atoms with E-state index < -0.39 is 0 Å². The van der Waals surface area contributed by atoms with Gasteiger partial charge in [0.1, 0.15) is 10.3 Å². The number of nitrogens with zero attached hydrogens (tertiary/aromatic N) is 6. The van der Waals surface area contributed by atoms with E-state index in [9.17, 15) is 0 Å². The lowest BCUT2D eigenvalue weighted by Gasteiger charge is -2.11. The molecule has 3 heterocycles. The van der Waals surface area contributed by atoms with E-state index in [-0.39, 0.29) is 0 Å². The van der Waals surface area contributed by atoms with Crippen LogP contribution in [0.25, 0.3) is 11.8 Å². The normalized spacial score (nSPS) is 10.3. The number of terminal acetylenes is 1. The van der Waals surface area contributed by atoms with Gasteiger partial charge in [-0.25, -0.2) is 9.36 Å². The highest BCUT2D eigenvalue weighted by Gasteiger charge is 2.15. The molecule has 0 spiro atoms. The first-order valence-corrected chi connectivity index (χ1v) is 6.84. The molecular weight excluding hydrogens is 334 g/mol. The first kappa shape index (κ1) is 13.3. The van der Waals surface area contributed by atoms with Gasteiger partial charge in [-0.15, -0.1) is 6.42 Å². The number of anilines is 1. The molecule has 0 aliphatic carbocycles. The van der Waals surface area contributed by atoms with E-state index >= 15 is 0 Å². The highest BCUT2D eigenvalue weighted by Crippen LogP contribution is 2.26. The van der Waals surface area contributed by atoms with Crippen molar-refractivity contribution in [2.24, 2.45) is 0 Å². The average Bonchev–Trinajstić information content (AvgIpc) is 3.19. The van der Waals surface area contributed by atoms with Crippen LogP contribution in [0.1, 0.15) is 0 Å². The van der Waals surface area contributed by atoms with Crippen LogP contribution >= 0.6 is 15.9 Å². The molecule has 0 saturated heterocycles. The first-order chi connectivity index (χ1) is 10.3. The molecule has 0 bridgehead atoms. The van der Waals surface area contributed by atoms with Gasteiger partial charge in [-0.3, -0.25) is 0 Å². The molecule has 7 nitrogen and oxygen atoms in total. The molecule has 21 heavy (non-hydrogen) atoms. The Kier molecular flexibility index (Phi) is 3.66. The van der Waals surface area contributed by atoms with Crippen LogP contribution in [0.3, 0.4) is 0 Å². The molecule has 0 atom stereocenters. The minimum Gasteiger partial charge on any atom is -0.358 e. The van der Waals surface area contributed by atoms with Crippen molar-refractivity contribution in [3.05, 3.63) is 41.4 Å². The molecular formula is C13H10BrN7. The van der Waals surface area contributed by atoms with Gasteiger partial charge in [0.2, 0.25) is 0 Å². The van der Waals surface area contributed by atoms with Crippen LogP contribution in [0.4, 0.5) is 5.82 Å². The quantitative estimate of drug-likeness (QED) is 0.729. The first-order valence-electron chi connectivity index (χ1n) is 6.04. The van der Waals surface area contributed by atoms with Crippen molar-refractivity contribution >= 4 is 21.7 Å². The molecule has 1 N–H and O–H groups in total. The maximum Gasteiger partial charge on any atom is 0.254 e. The highest BCUT2D eigenvalue weighted by atomic mass is 79.9. The lowest BCUT2D eigenvalue weighted by Crippen LogP contribution is -2.12. The molecule has 8 heteroatoms. The summed E-state index contributed by atoms with van der Waals surface area (Å²) in [5.74, 6) is 4.12. The summed E-state index contributed by atoms with van der Waals surface area (Å²) in [6.07, 6.45) is 12.2. The SMILES string of the molecule is C#CCNc1nc(-n2cccn2)nc(-n2cccn2)c1Br. The lowest BCUT2D eigenvalue weighted by atomic mass is 10.5. The van der Waals surface area contributed by atoms with E-state index in [4.69, 9.17) is 6.42 Å². The largest absolute Gasteiger partial charge is 0.358 e. The van der Waals surface area contributed by atoms with Crippen molar-refractivity contribution in [2.45, 2.75) is 0 Å². The summed E-state index contributed by atoms with van der Waals surface area (Å²) in [7, 11) is 0. The zero-order valence-electron chi connectivity index (χ0n) is 10.8. The number of halogens is 1. The number of nitrogens with one attached hydrogen (secondary N) is 1. The fraction of sp³-hybridized carbons (Fsp3) is 0.0769. The second kappa shape index (κ2) is 5.76. The second-order valence-corrected chi connectivity index (χ2v) is 4.76. The minimum absolute atomic E-state index is 0.354. The van der Waals surface area contributed by atoms with E-state index in [0.29, 0.717) is 28.6 Å². The summed E-state index contributed by atoms with van der Waals surface area (Å²) < 4.78 is 3.89. The Bertz CT molecular complexity index is 772. The minimum atomic E-state index is 0.354. The van der Waals surface area contributed by atoms with Crippen molar-refractivity contribution in [1.82, 2.24) is 29.5 Å². The molecule has 0 aromatic carbocycles. The lowest BCUT2D eigenvalue weighted by molar-refractivity contribution is 0.771. The Morgan fingerprint density at radius 3 is 2.48 bits per heavy atom. The van der Waals surface area contributed by atoms with Gasteiger partial charge in [-0.2, -0.15) is 20.2 Å². The van der Waals surface area contributed by atoms with Crippen LogP contribution in [-0.4, -0.2) is 36.1 Å². The highest BCUT2D eigenvalue weighted by molar-refractivity contribution is 9.10. The Balaban J connectivity index is 2.15. The average molecular weight is 344 g/mol. The number of aromatic nitrogens is 6. The molecule has 0 unspecified atom stereocenters. The topological polar surface area (TPSA) is 73.5 Å². The molecule has 3 aromatic rings. The monoisotopic (exact) mass is 343 g/mol. The van der Waals surface area contributed by atoms with Gasteiger partial charge in [-0.05, 0) is 28.1 Å². The van der Waals surface area contributed by atoms with Gasteiger partial charge in [-0.1, -0.05) is 5.92 Å². The molecule has 0 saturated carbocycles. The molecule has 3 aromatic heterocycles. The van der Waals surface area contributed by atoms with Crippen LogP contribution < -0.4 is 5.32 Å². The molecule has 0 radical (unpaired) electrons. The Morgan fingerprint density at radius 2 is 1.86 bits per heavy atom. The predicted molar refractivity (Wildman–Crippen MR) is 81.3 cm³/mol. The third kappa shape index (κ3) is 2.64. The van der Waals surface area contributed by atoms with Crippen molar-refractivity contribution in [3.63, 3.8) is 0 Å². The molecule has 3 rings (SSSR count). The molecule has 0 aliphatic heterocycles. The van der Waals surface area contributed by atoms with Crippen molar-refractivity contribution < 1.29 is 0 Å². The number of rotatable bonds is 4. The predicted octanol–water partition coefficient (Wildman–Crippen LogP) is 1.66. The van der Waals surface area contributed by atoms with E-state index in [0.717, 1.165) is 0 Å². The summed E-state index contributed by atoms with van der Waals surface area (Å²) >= 11 is 3.48. The molecule has 0 aliphatic rings. The molecule has 0 amide bonds. The summed E-state index contributed by atoms with van der Waals surface area (Å²) in [5, 5.41) is 11.4. The maximum atomic E-state index is 5.29. The van der Waals surface area contributed by atoms with Crippen molar-refractivity contribution in [2.75, 3.05) is 11.9 Å². The van der Waals surface area contributed by atoms with E-state index in [1.165, 1.54) is 0 Å². The smallest absolute Gasteiger partial charge is 0.254 e. The number of hydrogen-bond donors (Lipinski definition) is 1. The summed E-state index contributed by atoms with van der Waals surface area (Å²) in [6, 6.07) is 3.62. The van der Waals surface area contributed by atoms with Gasteiger partial charge >= 0.3 is 0 Å². The Morgan fingerprint density at radius 1 is 1.14 bits per heavy atom. The van der Waals surface area contributed by atoms with Crippen LogP contribution in [0, 0.1) is 12.3 Å². The Labute approximate surface area is 129 Å².